The SMILES string of the molecule is CN(C)CCNc1cc2ncnc(Nc3cccc(Br)c3)c2c(Cl)c1N. The Kier molecular flexibility index (Phi) is 5.80. The van der Waals surface area contributed by atoms with Gasteiger partial charge in [-0.15, -0.1) is 0 Å². The molecule has 1 aromatic heterocycles. The molecule has 2 aromatic carbocycles. The molecule has 0 aliphatic rings. The molecule has 0 atom stereocenters. The summed E-state index contributed by atoms with van der Waals surface area (Å²) in [5.41, 5.74) is 9.14. The maximum atomic E-state index is 6.57. The van der Waals surface area contributed by atoms with Crippen LogP contribution in [0.2, 0.25) is 5.02 Å². The second kappa shape index (κ2) is 8.07. The van der Waals surface area contributed by atoms with Gasteiger partial charge in [-0.2, -0.15) is 0 Å². The summed E-state index contributed by atoms with van der Waals surface area (Å²) in [6.07, 6.45) is 1.51. The molecule has 0 unspecified atom stereocenters. The van der Waals surface area contributed by atoms with Crippen LogP contribution >= 0.6 is 27.5 Å². The molecule has 8 heteroatoms. The molecular weight excluding hydrogens is 416 g/mol. The van der Waals surface area contributed by atoms with Crippen molar-refractivity contribution in [2.75, 3.05) is 43.6 Å². The van der Waals surface area contributed by atoms with Gasteiger partial charge in [-0.3, -0.25) is 0 Å². The van der Waals surface area contributed by atoms with Crippen LogP contribution in [0.4, 0.5) is 22.9 Å². The number of anilines is 4. The maximum Gasteiger partial charge on any atom is 0.143 e. The molecule has 0 fully saturated rings. The fourth-order valence-electron chi connectivity index (χ4n) is 2.55. The molecule has 0 spiro atoms. The van der Waals surface area contributed by atoms with E-state index in [-0.39, 0.29) is 0 Å². The van der Waals surface area contributed by atoms with Gasteiger partial charge in [0.05, 0.1) is 27.3 Å². The number of nitrogen functional groups attached to an aromatic ring is 1. The van der Waals surface area contributed by atoms with Gasteiger partial charge in [-0.25, -0.2) is 9.97 Å². The second-order valence-electron chi connectivity index (χ2n) is 6.13. The van der Waals surface area contributed by atoms with Gasteiger partial charge in [0.25, 0.3) is 0 Å². The minimum absolute atomic E-state index is 0.438. The highest BCUT2D eigenvalue weighted by atomic mass is 79.9. The van der Waals surface area contributed by atoms with Gasteiger partial charge >= 0.3 is 0 Å². The van der Waals surface area contributed by atoms with Crippen molar-refractivity contribution in [3.63, 3.8) is 0 Å². The number of aromatic nitrogens is 2. The molecule has 0 aliphatic heterocycles. The fraction of sp³-hybridized carbons (Fsp3) is 0.222. The minimum atomic E-state index is 0.438. The van der Waals surface area contributed by atoms with Crippen molar-refractivity contribution in [3.8, 4) is 0 Å². The molecule has 136 valence electrons. The number of benzene rings is 2. The lowest BCUT2D eigenvalue weighted by Gasteiger charge is -2.16. The molecule has 0 aliphatic carbocycles. The van der Waals surface area contributed by atoms with Gasteiger partial charge in [-0.05, 0) is 38.4 Å². The zero-order valence-electron chi connectivity index (χ0n) is 14.6. The summed E-state index contributed by atoms with van der Waals surface area (Å²) in [6, 6.07) is 9.72. The van der Waals surface area contributed by atoms with Crippen molar-refractivity contribution in [1.82, 2.24) is 14.9 Å². The molecule has 4 N–H and O–H groups in total. The van der Waals surface area contributed by atoms with Gasteiger partial charge in [0.15, 0.2) is 0 Å². The zero-order chi connectivity index (χ0) is 18.7. The van der Waals surface area contributed by atoms with Crippen molar-refractivity contribution < 1.29 is 0 Å². The Balaban J connectivity index is 1.97. The number of rotatable bonds is 6. The van der Waals surface area contributed by atoms with Crippen LogP contribution in [0.15, 0.2) is 41.1 Å². The van der Waals surface area contributed by atoms with Crippen molar-refractivity contribution >= 4 is 61.3 Å². The van der Waals surface area contributed by atoms with Crippen LogP contribution in [-0.2, 0) is 0 Å². The quantitative estimate of drug-likeness (QED) is 0.500. The third-order valence-corrected chi connectivity index (χ3v) is 4.75. The molecule has 0 saturated heterocycles. The topological polar surface area (TPSA) is 79.1 Å². The molecule has 0 bridgehead atoms. The van der Waals surface area contributed by atoms with Crippen LogP contribution < -0.4 is 16.4 Å². The highest BCUT2D eigenvalue weighted by Gasteiger charge is 2.15. The average Bonchev–Trinajstić information content (AvgIpc) is 2.59. The zero-order valence-corrected chi connectivity index (χ0v) is 16.9. The third-order valence-electron chi connectivity index (χ3n) is 3.87. The summed E-state index contributed by atoms with van der Waals surface area (Å²) in [5, 5.41) is 7.74. The Labute approximate surface area is 165 Å². The summed E-state index contributed by atoms with van der Waals surface area (Å²) in [5.74, 6) is 0.615. The van der Waals surface area contributed by atoms with Crippen LogP contribution in [0.25, 0.3) is 10.9 Å². The Bertz CT molecular complexity index is 931. The smallest absolute Gasteiger partial charge is 0.143 e. The molecule has 26 heavy (non-hydrogen) atoms. The fourth-order valence-corrected chi connectivity index (χ4v) is 3.24. The number of likely N-dealkylation sites (N-methyl/N-ethyl adjacent to an activating group) is 1. The normalized spacial score (nSPS) is 11.1. The molecule has 0 saturated carbocycles. The van der Waals surface area contributed by atoms with Crippen molar-refractivity contribution in [3.05, 3.63) is 46.2 Å². The lowest BCUT2D eigenvalue weighted by molar-refractivity contribution is 0.425. The molecule has 0 radical (unpaired) electrons. The number of fused-ring (bicyclic) bond motifs is 1. The third kappa shape index (κ3) is 4.17. The van der Waals surface area contributed by atoms with Crippen LogP contribution in [0, 0.1) is 0 Å². The van der Waals surface area contributed by atoms with Gasteiger partial charge < -0.3 is 21.3 Å². The number of nitrogens with one attached hydrogen (secondary N) is 2. The first kappa shape index (κ1) is 18.7. The van der Waals surface area contributed by atoms with E-state index >= 15 is 0 Å². The first-order valence-electron chi connectivity index (χ1n) is 8.09. The molecule has 3 rings (SSSR count). The van der Waals surface area contributed by atoms with Crippen LogP contribution in [0.5, 0.6) is 0 Å². The second-order valence-corrected chi connectivity index (χ2v) is 7.43. The number of hydrogen-bond acceptors (Lipinski definition) is 6. The summed E-state index contributed by atoms with van der Waals surface area (Å²) in [7, 11) is 4.04. The van der Waals surface area contributed by atoms with E-state index in [2.05, 4.69) is 41.4 Å². The summed E-state index contributed by atoms with van der Waals surface area (Å²) < 4.78 is 0.971. The average molecular weight is 436 g/mol. The van der Waals surface area contributed by atoms with Gasteiger partial charge in [0, 0.05) is 23.2 Å². The van der Waals surface area contributed by atoms with Crippen molar-refractivity contribution in [2.45, 2.75) is 0 Å². The molecule has 0 amide bonds. The van der Waals surface area contributed by atoms with E-state index in [9.17, 15) is 0 Å². The van der Waals surface area contributed by atoms with E-state index in [1.165, 1.54) is 6.33 Å². The largest absolute Gasteiger partial charge is 0.396 e. The summed E-state index contributed by atoms with van der Waals surface area (Å²) in [6.45, 7) is 1.64. The summed E-state index contributed by atoms with van der Waals surface area (Å²) in [4.78, 5) is 10.8. The molecule has 6 nitrogen and oxygen atoms in total. The van der Waals surface area contributed by atoms with Crippen molar-refractivity contribution in [2.24, 2.45) is 0 Å². The first-order valence-corrected chi connectivity index (χ1v) is 9.26. The predicted octanol–water partition coefficient (Wildman–Crippen LogP) is 4.35. The van der Waals surface area contributed by atoms with Crippen LogP contribution in [0.1, 0.15) is 0 Å². The van der Waals surface area contributed by atoms with E-state index < -0.39 is 0 Å². The highest BCUT2D eigenvalue weighted by molar-refractivity contribution is 9.10. The number of nitrogens with zero attached hydrogens (tertiary/aromatic N) is 3. The minimum Gasteiger partial charge on any atom is -0.396 e. The van der Waals surface area contributed by atoms with E-state index in [1.54, 1.807) is 0 Å². The Hall–Kier alpha value is -2.09. The van der Waals surface area contributed by atoms with Crippen LogP contribution in [0.3, 0.4) is 0 Å². The Morgan fingerprint density at radius 3 is 2.77 bits per heavy atom. The first-order chi connectivity index (χ1) is 12.5. The Morgan fingerprint density at radius 1 is 1.23 bits per heavy atom. The number of hydrogen-bond donors (Lipinski definition) is 3. The van der Waals surface area contributed by atoms with Gasteiger partial charge in [0.1, 0.15) is 12.1 Å². The van der Waals surface area contributed by atoms with Gasteiger partial charge in [-0.1, -0.05) is 33.6 Å². The van der Waals surface area contributed by atoms with E-state index in [4.69, 9.17) is 17.3 Å². The standard InChI is InChI=1S/C18H20BrClN6/c1-26(2)7-6-22-14-9-13-15(16(20)17(14)21)18(24-10-23-13)25-12-5-3-4-11(19)8-12/h3-5,8-10,22H,6-7,21H2,1-2H3,(H,23,24,25). The van der Waals surface area contributed by atoms with Crippen molar-refractivity contribution in [1.29, 1.82) is 0 Å². The predicted molar refractivity (Wildman–Crippen MR) is 113 cm³/mol. The van der Waals surface area contributed by atoms with E-state index in [0.29, 0.717) is 21.9 Å². The lowest BCUT2D eigenvalue weighted by atomic mass is 10.1. The monoisotopic (exact) mass is 434 g/mol. The highest BCUT2D eigenvalue weighted by Crippen LogP contribution is 2.38. The molecule has 3 aromatic rings. The van der Waals surface area contributed by atoms with E-state index in [0.717, 1.165) is 34.5 Å². The lowest BCUT2D eigenvalue weighted by Crippen LogP contribution is -2.21. The number of nitrogens with two attached hydrogens (primary N) is 1. The Morgan fingerprint density at radius 2 is 2.04 bits per heavy atom. The summed E-state index contributed by atoms with van der Waals surface area (Å²) >= 11 is 10.0. The number of halogens is 2. The van der Waals surface area contributed by atoms with E-state index in [1.807, 2.05) is 44.4 Å². The van der Waals surface area contributed by atoms with Gasteiger partial charge in [0.2, 0.25) is 0 Å². The molecule has 1 heterocycles. The van der Waals surface area contributed by atoms with Crippen LogP contribution in [-0.4, -0.2) is 42.1 Å². The molecular formula is C18H20BrClN6. The maximum absolute atomic E-state index is 6.57.